The molecule has 0 saturated heterocycles. The van der Waals surface area contributed by atoms with Gasteiger partial charge in [0.25, 0.3) is 0 Å². The number of rotatable bonds is 7. The molecule has 0 fully saturated rings. The quantitative estimate of drug-likeness (QED) is 0.452. The normalized spacial score (nSPS) is 10.3. The zero-order valence-corrected chi connectivity index (χ0v) is 16.5. The van der Waals surface area contributed by atoms with Gasteiger partial charge in [-0.1, -0.05) is 56.8 Å². The lowest BCUT2D eigenvalue weighted by Gasteiger charge is -2.09. The number of allylic oxidation sites excluding steroid dienone is 4. The average Bonchev–Trinajstić information content (AvgIpc) is 2.67. The highest BCUT2D eigenvalue weighted by Gasteiger charge is 2.05. The lowest BCUT2D eigenvalue weighted by molar-refractivity contribution is 0.262. The Morgan fingerprint density at radius 3 is 2.33 bits per heavy atom. The second-order valence-corrected chi connectivity index (χ2v) is 5.55. The summed E-state index contributed by atoms with van der Waals surface area (Å²) in [4.78, 5) is 20.3. The maximum Gasteiger partial charge on any atom is 0.323 e. The van der Waals surface area contributed by atoms with Gasteiger partial charge in [0.1, 0.15) is 5.15 Å². The minimum atomic E-state index is -0.363. The van der Waals surface area contributed by atoms with Gasteiger partial charge in [0.05, 0.1) is 0 Å². The van der Waals surface area contributed by atoms with Gasteiger partial charge in [-0.25, -0.2) is 9.78 Å². The maximum absolute atomic E-state index is 12.1. The summed E-state index contributed by atoms with van der Waals surface area (Å²) >= 11 is 5.80. The van der Waals surface area contributed by atoms with Gasteiger partial charge in [0.2, 0.25) is 0 Å². The van der Waals surface area contributed by atoms with Gasteiger partial charge < -0.3 is 10.6 Å². The molecule has 0 atom stereocenters. The van der Waals surface area contributed by atoms with E-state index in [9.17, 15) is 4.79 Å². The standard InChI is InChI=1S/C19H19ClN4O.C2H6/c1-3-5-14(4-2)6-7-15-12-16(8-10-21-15)23-19(25)24-17-9-11-22-18(20)13-17;1-2/h3-5,8-13H,1-2,6-7H2,(H2,21,22,23,24,25);1-2H3/b14-5+;. The molecule has 2 amide bonds. The highest BCUT2D eigenvalue weighted by atomic mass is 35.5. The van der Waals surface area contributed by atoms with Crippen molar-refractivity contribution in [2.75, 3.05) is 10.6 Å². The van der Waals surface area contributed by atoms with Crippen LogP contribution in [-0.2, 0) is 6.42 Å². The first kappa shape index (κ1) is 22.1. The van der Waals surface area contributed by atoms with Crippen molar-refractivity contribution in [2.45, 2.75) is 26.7 Å². The molecule has 0 spiro atoms. The van der Waals surface area contributed by atoms with Crippen LogP contribution in [0.5, 0.6) is 0 Å². The Hall–Kier alpha value is -2.92. The number of hydrogen-bond donors (Lipinski definition) is 2. The van der Waals surface area contributed by atoms with Crippen molar-refractivity contribution in [3.8, 4) is 0 Å². The van der Waals surface area contributed by atoms with Crippen molar-refractivity contribution in [3.05, 3.63) is 84.5 Å². The van der Waals surface area contributed by atoms with Crippen LogP contribution in [0.15, 0.2) is 73.6 Å². The maximum atomic E-state index is 12.1. The second kappa shape index (κ2) is 12.4. The second-order valence-electron chi connectivity index (χ2n) is 5.16. The zero-order valence-electron chi connectivity index (χ0n) is 15.7. The molecule has 0 aliphatic carbocycles. The number of urea groups is 1. The minimum absolute atomic E-state index is 0.314. The lowest BCUT2D eigenvalue weighted by atomic mass is 10.1. The zero-order chi connectivity index (χ0) is 20.1. The Labute approximate surface area is 165 Å². The van der Waals surface area contributed by atoms with Crippen LogP contribution >= 0.6 is 11.6 Å². The molecule has 0 aliphatic rings. The first-order chi connectivity index (χ1) is 13.1. The van der Waals surface area contributed by atoms with Crippen LogP contribution in [0, 0.1) is 0 Å². The van der Waals surface area contributed by atoms with E-state index in [-0.39, 0.29) is 6.03 Å². The van der Waals surface area contributed by atoms with E-state index in [1.165, 1.54) is 6.20 Å². The van der Waals surface area contributed by atoms with Crippen molar-refractivity contribution < 1.29 is 4.79 Å². The average molecular weight is 385 g/mol. The van der Waals surface area contributed by atoms with E-state index in [1.54, 1.807) is 36.5 Å². The third-order valence-electron chi connectivity index (χ3n) is 3.32. The Kier molecular flexibility index (Phi) is 10.2. The number of nitrogens with one attached hydrogen (secondary N) is 2. The smallest absolute Gasteiger partial charge is 0.308 e. The topological polar surface area (TPSA) is 66.9 Å². The van der Waals surface area contributed by atoms with E-state index >= 15 is 0 Å². The van der Waals surface area contributed by atoms with Crippen molar-refractivity contribution in [1.29, 1.82) is 0 Å². The SMILES string of the molecule is C=C/C=C(\C=C)CCc1cc(NC(=O)Nc2ccnc(Cl)c2)ccn1.CC. The number of nitrogens with zero attached hydrogens (tertiary/aromatic N) is 2. The molecule has 0 aromatic carbocycles. The molecular weight excluding hydrogens is 360 g/mol. The van der Waals surface area contributed by atoms with Gasteiger partial charge in [0.15, 0.2) is 0 Å². The molecule has 2 N–H and O–H groups in total. The van der Waals surface area contributed by atoms with Crippen LogP contribution < -0.4 is 10.6 Å². The Morgan fingerprint density at radius 2 is 1.74 bits per heavy atom. The van der Waals surface area contributed by atoms with Gasteiger partial charge in [-0.2, -0.15) is 0 Å². The van der Waals surface area contributed by atoms with Gasteiger partial charge >= 0.3 is 6.03 Å². The van der Waals surface area contributed by atoms with Crippen molar-refractivity contribution in [1.82, 2.24) is 9.97 Å². The number of amides is 2. The van der Waals surface area contributed by atoms with E-state index in [1.807, 2.05) is 26.0 Å². The molecule has 2 heterocycles. The molecular formula is C21H25ClN4O. The number of aryl methyl sites for hydroxylation is 1. The molecule has 0 saturated carbocycles. The summed E-state index contributed by atoms with van der Waals surface area (Å²) in [5.74, 6) is 0. The van der Waals surface area contributed by atoms with E-state index in [4.69, 9.17) is 11.6 Å². The van der Waals surface area contributed by atoms with Gasteiger partial charge in [-0.05, 0) is 42.7 Å². The van der Waals surface area contributed by atoms with Gasteiger partial charge in [-0.3, -0.25) is 4.98 Å². The summed E-state index contributed by atoms with van der Waals surface area (Å²) < 4.78 is 0. The summed E-state index contributed by atoms with van der Waals surface area (Å²) in [6.45, 7) is 11.5. The summed E-state index contributed by atoms with van der Waals surface area (Å²) in [7, 11) is 0. The summed E-state index contributed by atoms with van der Waals surface area (Å²) in [6, 6.07) is 6.44. The number of aromatic nitrogens is 2. The molecule has 0 unspecified atom stereocenters. The highest BCUT2D eigenvalue weighted by Crippen LogP contribution is 2.15. The minimum Gasteiger partial charge on any atom is -0.308 e. The van der Waals surface area contributed by atoms with Crippen molar-refractivity contribution >= 4 is 29.0 Å². The number of halogens is 1. The molecule has 2 rings (SSSR count). The molecule has 0 radical (unpaired) electrons. The van der Waals surface area contributed by atoms with Crippen LogP contribution in [0.1, 0.15) is 26.0 Å². The monoisotopic (exact) mass is 384 g/mol. The van der Waals surface area contributed by atoms with E-state index in [2.05, 4.69) is 33.8 Å². The lowest BCUT2D eigenvalue weighted by Crippen LogP contribution is -2.19. The summed E-state index contributed by atoms with van der Waals surface area (Å²) in [5.41, 5.74) is 3.19. The predicted octanol–water partition coefficient (Wildman–Crippen LogP) is 6.03. The molecule has 5 nitrogen and oxygen atoms in total. The first-order valence-electron chi connectivity index (χ1n) is 8.69. The fourth-order valence-electron chi connectivity index (χ4n) is 2.14. The largest absolute Gasteiger partial charge is 0.323 e. The number of pyridine rings is 2. The molecule has 2 aromatic rings. The molecule has 0 aliphatic heterocycles. The molecule has 6 heteroatoms. The number of anilines is 2. The first-order valence-corrected chi connectivity index (χ1v) is 9.07. The number of carbonyl (C=O) groups is 1. The van der Waals surface area contributed by atoms with Gasteiger partial charge in [-0.15, -0.1) is 0 Å². The van der Waals surface area contributed by atoms with E-state index < -0.39 is 0 Å². The van der Waals surface area contributed by atoms with Gasteiger partial charge in [0, 0.05) is 29.5 Å². The Morgan fingerprint density at radius 1 is 1.11 bits per heavy atom. The molecule has 27 heavy (non-hydrogen) atoms. The van der Waals surface area contributed by atoms with Crippen molar-refractivity contribution in [2.24, 2.45) is 0 Å². The summed E-state index contributed by atoms with van der Waals surface area (Å²) in [5, 5.41) is 5.79. The number of carbonyl (C=O) groups excluding carboxylic acids is 1. The van der Waals surface area contributed by atoms with Crippen LogP contribution in [0.2, 0.25) is 5.15 Å². The molecule has 0 bridgehead atoms. The van der Waals surface area contributed by atoms with E-state index in [0.717, 1.165) is 24.1 Å². The third kappa shape index (κ3) is 8.33. The van der Waals surface area contributed by atoms with Crippen LogP contribution in [0.4, 0.5) is 16.2 Å². The summed E-state index contributed by atoms with van der Waals surface area (Å²) in [6.07, 6.45) is 10.2. The van der Waals surface area contributed by atoms with Crippen LogP contribution in [0.25, 0.3) is 0 Å². The Balaban J connectivity index is 0.00000176. The van der Waals surface area contributed by atoms with Crippen molar-refractivity contribution in [3.63, 3.8) is 0 Å². The third-order valence-corrected chi connectivity index (χ3v) is 3.53. The number of hydrogen-bond acceptors (Lipinski definition) is 3. The van der Waals surface area contributed by atoms with Crippen LogP contribution in [0.3, 0.4) is 0 Å². The molecule has 2 aromatic heterocycles. The van der Waals surface area contributed by atoms with E-state index in [0.29, 0.717) is 16.5 Å². The predicted molar refractivity (Wildman–Crippen MR) is 114 cm³/mol. The van der Waals surface area contributed by atoms with Crippen LogP contribution in [-0.4, -0.2) is 16.0 Å². The fraction of sp³-hybridized carbons (Fsp3) is 0.190. The Bertz CT molecular complexity index is 802. The molecule has 142 valence electrons. The highest BCUT2D eigenvalue weighted by molar-refractivity contribution is 6.29. The fourth-order valence-corrected chi connectivity index (χ4v) is 2.32.